The molecule has 1 unspecified atom stereocenters. The predicted molar refractivity (Wildman–Crippen MR) is 153 cm³/mol. The largest absolute Gasteiger partial charge is 0.598 e. The minimum Gasteiger partial charge on any atom is -0.598 e. The number of pyridine rings is 1. The first-order valence-electron chi connectivity index (χ1n) is 12.5. The highest BCUT2D eigenvalue weighted by atomic mass is 79.9. The second-order valence-corrected chi connectivity index (χ2v) is 22.1. The second kappa shape index (κ2) is 11.8. The van der Waals surface area contributed by atoms with Gasteiger partial charge in [-0.15, -0.1) is 4.72 Å². The molecule has 0 radical (unpaired) electrons. The Labute approximate surface area is 228 Å². The summed E-state index contributed by atoms with van der Waals surface area (Å²) < 4.78 is 63.7. The van der Waals surface area contributed by atoms with Crippen LogP contribution in [-0.4, -0.2) is 50.3 Å². The van der Waals surface area contributed by atoms with E-state index in [1.165, 1.54) is 0 Å². The van der Waals surface area contributed by atoms with E-state index < -0.39 is 62.8 Å². The topological polar surface area (TPSA) is 101 Å². The van der Waals surface area contributed by atoms with E-state index >= 15 is 8.78 Å². The number of thiol groups is 1. The van der Waals surface area contributed by atoms with Gasteiger partial charge in [0, 0.05) is 23.7 Å². The van der Waals surface area contributed by atoms with Crippen LogP contribution in [0.5, 0.6) is 0 Å². The van der Waals surface area contributed by atoms with E-state index in [9.17, 15) is 14.0 Å². The van der Waals surface area contributed by atoms with Crippen LogP contribution in [-0.2, 0) is 27.0 Å². The lowest BCUT2D eigenvalue weighted by Crippen LogP contribution is -2.64. The summed E-state index contributed by atoms with van der Waals surface area (Å²) in [6.07, 6.45) is 1.01. The van der Waals surface area contributed by atoms with Gasteiger partial charge in [-0.3, -0.25) is 8.93 Å². The summed E-state index contributed by atoms with van der Waals surface area (Å²) >= 11 is 1.57. The van der Waals surface area contributed by atoms with Gasteiger partial charge in [-0.05, 0) is 77.8 Å². The van der Waals surface area contributed by atoms with E-state index in [0.29, 0.717) is 29.2 Å². The maximum Gasteiger partial charge on any atom is 0.147 e. The smallest absolute Gasteiger partial charge is 0.147 e. The number of hydrogen-bond donors (Lipinski definition) is 3. The summed E-state index contributed by atoms with van der Waals surface area (Å²) in [5, 5.41) is 10.5. The van der Waals surface area contributed by atoms with Crippen LogP contribution in [0.25, 0.3) is 0 Å². The molecule has 2 heterocycles. The molecule has 206 valence electrons. The third-order valence-corrected chi connectivity index (χ3v) is 19.1. The molecule has 3 atom stereocenters. The molecule has 1 saturated heterocycles. The van der Waals surface area contributed by atoms with Crippen molar-refractivity contribution >= 4 is 50.7 Å². The van der Waals surface area contributed by atoms with Crippen molar-refractivity contribution in [2.45, 2.75) is 94.5 Å². The average molecular weight is 628 g/mol. The predicted octanol–water partition coefficient (Wildman–Crippen LogP) is 4.51. The monoisotopic (exact) mass is 626 g/mol. The van der Waals surface area contributed by atoms with E-state index in [4.69, 9.17) is 0 Å². The van der Waals surface area contributed by atoms with Gasteiger partial charge in [0.2, 0.25) is 0 Å². The van der Waals surface area contributed by atoms with Gasteiger partial charge >= 0.3 is 0 Å². The molecule has 1 aromatic rings. The van der Waals surface area contributed by atoms with Crippen molar-refractivity contribution in [3.63, 3.8) is 0 Å². The molecular formula is C24H41BrF2N4O2S2Si. The van der Waals surface area contributed by atoms with Crippen LogP contribution in [0.15, 0.2) is 10.7 Å². The van der Waals surface area contributed by atoms with E-state index in [-0.39, 0.29) is 5.69 Å². The molecule has 12 heteroatoms. The lowest BCUT2D eigenvalue weighted by atomic mass is 9.99. The van der Waals surface area contributed by atoms with Crippen LogP contribution in [0, 0.1) is 17.1 Å². The highest BCUT2D eigenvalue weighted by molar-refractivity contribution is 9.10. The molecule has 1 aliphatic heterocycles. The third-order valence-electron chi connectivity index (χ3n) is 7.79. The van der Waals surface area contributed by atoms with Crippen molar-refractivity contribution < 1.29 is 17.5 Å². The fourth-order valence-electron chi connectivity index (χ4n) is 4.94. The summed E-state index contributed by atoms with van der Waals surface area (Å²) in [5.74, 6) is -1.06. The maximum atomic E-state index is 16.6. The van der Waals surface area contributed by atoms with Crippen LogP contribution < -0.4 is 14.6 Å². The summed E-state index contributed by atoms with van der Waals surface area (Å²) in [6, 6.07) is 6.24. The van der Waals surface area contributed by atoms with Gasteiger partial charge in [0.1, 0.15) is 37.8 Å². The van der Waals surface area contributed by atoms with Gasteiger partial charge in [-0.1, -0.05) is 38.9 Å². The normalized spacial score (nSPS) is 23.9. The number of hydrogen-bond acceptors (Lipinski definition) is 5. The van der Waals surface area contributed by atoms with Gasteiger partial charge in [0.05, 0.1) is 14.1 Å². The van der Waals surface area contributed by atoms with Crippen LogP contribution in [0.2, 0.25) is 18.1 Å². The van der Waals surface area contributed by atoms with Crippen LogP contribution >= 0.6 is 15.9 Å². The van der Waals surface area contributed by atoms with Gasteiger partial charge < -0.3 is 4.55 Å². The van der Waals surface area contributed by atoms with Gasteiger partial charge in [-0.25, -0.2) is 13.8 Å². The molecule has 1 aliphatic rings. The number of nitrogens with one attached hydrogen (secondary N) is 2. The zero-order chi connectivity index (χ0) is 27.6. The van der Waals surface area contributed by atoms with E-state index in [1.807, 2.05) is 20.8 Å². The zero-order valence-corrected chi connectivity index (χ0v) is 26.7. The minimum absolute atomic E-state index is 0.234. The quantitative estimate of drug-likeness (QED) is 0.153. The Kier molecular flexibility index (Phi) is 10.4. The average Bonchev–Trinajstić information content (AvgIpc) is 2.83. The first kappa shape index (κ1) is 31.8. The highest BCUT2D eigenvalue weighted by Crippen LogP contribution is 2.38. The summed E-state index contributed by atoms with van der Waals surface area (Å²) in [4.78, 5) is 4.39. The number of nitrogens with zero attached hydrogens (tertiary/aromatic N) is 2. The number of halogens is 3. The number of nitriles is 1. The molecular weight excluding hydrogens is 586 g/mol. The van der Waals surface area contributed by atoms with Gasteiger partial charge in [-0.2, -0.15) is 5.26 Å². The van der Waals surface area contributed by atoms with Crippen molar-refractivity contribution in [1.82, 2.24) is 14.4 Å². The van der Waals surface area contributed by atoms with Crippen LogP contribution in [0.3, 0.4) is 0 Å². The Morgan fingerprint density at radius 3 is 2.42 bits per heavy atom. The van der Waals surface area contributed by atoms with Crippen LogP contribution in [0.4, 0.5) is 8.78 Å². The molecule has 1 aromatic heterocycles. The maximum absolute atomic E-state index is 16.6. The summed E-state index contributed by atoms with van der Waals surface area (Å²) in [7, 11) is -5.90. The molecule has 0 spiro atoms. The lowest BCUT2D eigenvalue weighted by molar-refractivity contribution is 0.291. The van der Waals surface area contributed by atoms with Crippen LogP contribution in [0.1, 0.15) is 67.0 Å². The fraction of sp³-hybridized carbons (Fsp3) is 0.750. The van der Waals surface area contributed by atoms with Gasteiger partial charge in [0.25, 0.3) is 0 Å². The summed E-state index contributed by atoms with van der Waals surface area (Å²) in [6.45, 7) is 12.1. The highest BCUT2D eigenvalue weighted by Gasteiger charge is 2.53. The molecule has 36 heavy (non-hydrogen) atoms. The Bertz CT molecular complexity index is 1030. The van der Waals surface area contributed by atoms with Crippen molar-refractivity contribution in [3.05, 3.63) is 22.2 Å². The molecule has 1 fully saturated rings. The molecule has 6 nitrogen and oxygen atoms in total. The van der Waals surface area contributed by atoms with Gasteiger partial charge in [0.15, 0.2) is 0 Å². The Hall–Kier alpha value is -0.423. The Morgan fingerprint density at radius 2 is 1.94 bits per heavy atom. The van der Waals surface area contributed by atoms with Crippen molar-refractivity contribution in [1.29, 1.82) is 5.26 Å². The molecule has 0 amide bonds. The molecule has 0 saturated carbocycles. The zero-order valence-electron chi connectivity index (χ0n) is 22.4. The first-order valence-corrected chi connectivity index (χ1v) is 19.0. The molecule has 0 bridgehead atoms. The van der Waals surface area contributed by atoms with E-state index in [0.717, 1.165) is 18.1 Å². The molecule has 0 aliphatic carbocycles. The number of aromatic nitrogens is 1. The SMILES string of the molecule is CC[Si](CC)(CC)c1cc(Br)nc([C@](CF)(C[SH]2(=O)NCCC[C@@]2(C)C#N)N[S+]([O-])C(C)(C)C)c1F. The lowest BCUT2D eigenvalue weighted by Gasteiger charge is -2.46. The second-order valence-electron chi connectivity index (χ2n) is 11.0. The van der Waals surface area contributed by atoms with Crippen molar-refractivity contribution in [3.8, 4) is 6.07 Å². The minimum atomic E-state index is -3.62. The number of rotatable bonds is 10. The van der Waals surface area contributed by atoms with Crippen molar-refractivity contribution in [2.75, 3.05) is 19.0 Å². The molecule has 2 N–H and O–H groups in total. The third kappa shape index (κ3) is 5.92. The number of alkyl halides is 1. The Balaban J connectivity index is 2.88. The van der Waals surface area contributed by atoms with E-state index in [1.54, 1.807) is 33.8 Å². The van der Waals surface area contributed by atoms with Crippen molar-refractivity contribution in [2.24, 2.45) is 0 Å². The molecule has 2 rings (SSSR count). The standard InChI is InChI=1S/C24H41BrF2N4O2S2Si/c1-8-36(9-2,10-3)18-14-19(25)30-21(20(18)27)24(15-26,31-34(32)22(4,5)6)17-35(33)23(7,16-28)12-11-13-29-35/h14,31,35H,8-13,15,17H2,1-7H3,(H,29,33)/t23-,24-,34?/m0/s1. The molecule has 0 aromatic carbocycles. The Morgan fingerprint density at radius 1 is 1.36 bits per heavy atom. The fourth-order valence-corrected chi connectivity index (χ4v) is 13.3. The first-order chi connectivity index (χ1) is 16.6. The van der Waals surface area contributed by atoms with E-state index in [2.05, 4.69) is 36.4 Å². The summed E-state index contributed by atoms with van der Waals surface area (Å²) in [5.41, 5.74) is -2.20.